The zero-order valence-electron chi connectivity index (χ0n) is 18.9. The molecule has 0 heterocycles. The predicted octanol–water partition coefficient (Wildman–Crippen LogP) is 8.05. The maximum atomic E-state index is 5.79. The third kappa shape index (κ3) is 5.41. The van der Waals surface area contributed by atoms with Crippen LogP contribution in [0.15, 0.2) is 60.9 Å². The second-order valence-electron chi connectivity index (χ2n) is 7.68. The second-order valence-corrected chi connectivity index (χ2v) is 7.68. The van der Waals surface area contributed by atoms with Crippen LogP contribution >= 0.6 is 0 Å². The molecule has 0 amide bonds. The highest BCUT2D eigenvalue weighted by molar-refractivity contribution is 5.74. The summed E-state index contributed by atoms with van der Waals surface area (Å²) in [6.45, 7) is 21.8. The maximum absolute atomic E-state index is 5.79. The first-order valence-electron chi connectivity index (χ1n) is 10.5. The lowest BCUT2D eigenvalue weighted by Gasteiger charge is -2.28. The Morgan fingerprint density at radius 1 is 1.07 bits per heavy atom. The molecule has 0 unspecified atom stereocenters. The minimum atomic E-state index is 0.807. The SMILES string of the molecule is C=COc1cc(N(CC)c2c(C)cc(C)cc2C)ccc1/C=C(\C)C(=C)CCC. The maximum Gasteiger partial charge on any atom is 0.135 e. The Morgan fingerprint density at radius 2 is 1.72 bits per heavy atom. The molecule has 154 valence electrons. The van der Waals surface area contributed by atoms with Crippen molar-refractivity contribution in [3.8, 4) is 5.75 Å². The van der Waals surface area contributed by atoms with Crippen molar-refractivity contribution >= 4 is 17.5 Å². The first-order valence-corrected chi connectivity index (χ1v) is 10.5. The van der Waals surface area contributed by atoms with Gasteiger partial charge in [-0.25, -0.2) is 0 Å². The summed E-state index contributed by atoms with van der Waals surface area (Å²) in [6.07, 6.45) is 5.75. The number of nitrogens with zero attached hydrogens (tertiary/aromatic N) is 1. The number of anilines is 2. The van der Waals surface area contributed by atoms with Gasteiger partial charge in [0.15, 0.2) is 0 Å². The van der Waals surface area contributed by atoms with Gasteiger partial charge in [0.1, 0.15) is 5.75 Å². The van der Waals surface area contributed by atoms with Crippen molar-refractivity contribution in [3.63, 3.8) is 0 Å². The van der Waals surface area contributed by atoms with Crippen LogP contribution in [0.25, 0.3) is 6.08 Å². The molecular weight excluding hydrogens is 354 g/mol. The third-order valence-corrected chi connectivity index (χ3v) is 5.22. The van der Waals surface area contributed by atoms with Crippen LogP contribution in [0.3, 0.4) is 0 Å². The van der Waals surface area contributed by atoms with E-state index < -0.39 is 0 Å². The molecule has 0 aromatic heterocycles. The van der Waals surface area contributed by atoms with E-state index >= 15 is 0 Å². The molecule has 0 radical (unpaired) electrons. The van der Waals surface area contributed by atoms with Crippen molar-refractivity contribution in [3.05, 3.63) is 83.2 Å². The van der Waals surface area contributed by atoms with Gasteiger partial charge in [-0.3, -0.25) is 0 Å². The lowest BCUT2D eigenvalue weighted by atomic mass is 10.0. The van der Waals surface area contributed by atoms with Gasteiger partial charge in [-0.15, -0.1) is 0 Å². The van der Waals surface area contributed by atoms with Gasteiger partial charge in [-0.1, -0.05) is 49.8 Å². The molecule has 2 heteroatoms. The number of allylic oxidation sites excluding steroid dienone is 2. The average Bonchev–Trinajstić information content (AvgIpc) is 2.66. The predicted molar refractivity (Wildman–Crippen MR) is 128 cm³/mol. The molecule has 2 rings (SSSR count). The monoisotopic (exact) mass is 389 g/mol. The summed E-state index contributed by atoms with van der Waals surface area (Å²) in [7, 11) is 0. The Morgan fingerprint density at radius 3 is 2.28 bits per heavy atom. The normalized spacial score (nSPS) is 11.3. The van der Waals surface area contributed by atoms with Gasteiger partial charge in [-0.2, -0.15) is 0 Å². The summed E-state index contributed by atoms with van der Waals surface area (Å²) in [6, 6.07) is 10.9. The van der Waals surface area contributed by atoms with Crippen LogP contribution in [0.1, 0.15) is 55.9 Å². The van der Waals surface area contributed by atoms with E-state index in [0.717, 1.165) is 36.4 Å². The first kappa shape index (κ1) is 22.5. The highest BCUT2D eigenvalue weighted by Gasteiger charge is 2.15. The van der Waals surface area contributed by atoms with Crippen LogP contribution < -0.4 is 9.64 Å². The Labute approximate surface area is 177 Å². The van der Waals surface area contributed by atoms with Crippen LogP contribution in [0.5, 0.6) is 5.75 Å². The van der Waals surface area contributed by atoms with Gasteiger partial charge in [0.05, 0.1) is 6.26 Å². The summed E-state index contributed by atoms with van der Waals surface area (Å²) < 4.78 is 5.79. The molecule has 0 spiro atoms. The lowest BCUT2D eigenvalue weighted by Crippen LogP contribution is -2.18. The van der Waals surface area contributed by atoms with Crippen LogP contribution in [0.2, 0.25) is 0 Å². The van der Waals surface area contributed by atoms with Gasteiger partial charge in [0.25, 0.3) is 0 Å². The number of ether oxygens (including phenoxy) is 1. The fourth-order valence-corrected chi connectivity index (χ4v) is 3.90. The van der Waals surface area contributed by atoms with E-state index in [9.17, 15) is 0 Å². The molecule has 0 atom stereocenters. The Balaban J connectivity index is 2.52. The quantitative estimate of drug-likeness (QED) is 0.318. The molecule has 2 aromatic carbocycles. The molecule has 0 N–H and O–H groups in total. The largest absolute Gasteiger partial charge is 0.465 e. The highest BCUT2D eigenvalue weighted by Crippen LogP contribution is 2.36. The lowest BCUT2D eigenvalue weighted by molar-refractivity contribution is 0.482. The van der Waals surface area contributed by atoms with Crippen LogP contribution in [-0.4, -0.2) is 6.54 Å². The molecule has 2 aromatic rings. The van der Waals surface area contributed by atoms with E-state index in [0.29, 0.717) is 0 Å². The van der Waals surface area contributed by atoms with E-state index in [1.165, 1.54) is 39.8 Å². The van der Waals surface area contributed by atoms with E-state index in [1.54, 1.807) is 0 Å². The number of hydrogen-bond donors (Lipinski definition) is 0. The van der Waals surface area contributed by atoms with Crippen molar-refractivity contribution in [2.24, 2.45) is 0 Å². The first-order chi connectivity index (χ1) is 13.8. The van der Waals surface area contributed by atoms with E-state index in [1.807, 2.05) is 0 Å². The molecule has 0 aliphatic heterocycles. The second kappa shape index (κ2) is 10.2. The summed E-state index contributed by atoms with van der Waals surface area (Å²) in [5.41, 5.74) is 9.63. The summed E-state index contributed by atoms with van der Waals surface area (Å²) in [4.78, 5) is 2.34. The summed E-state index contributed by atoms with van der Waals surface area (Å²) in [5.74, 6) is 0.807. The van der Waals surface area contributed by atoms with Gasteiger partial charge >= 0.3 is 0 Å². The van der Waals surface area contributed by atoms with Crippen molar-refractivity contribution in [1.82, 2.24) is 0 Å². The van der Waals surface area contributed by atoms with Crippen LogP contribution in [-0.2, 0) is 0 Å². The van der Waals surface area contributed by atoms with Crippen molar-refractivity contribution in [2.45, 2.75) is 54.4 Å². The van der Waals surface area contributed by atoms with Gasteiger partial charge in [0, 0.05) is 29.5 Å². The van der Waals surface area contributed by atoms with E-state index in [4.69, 9.17) is 4.74 Å². The van der Waals surface area contributed by atoms with E-state index in [2.05, 4.69) is 96.0 Å². The Bertz CT molecular complexity index is 897. The number of hydrogen-bond acceptors (Lipinski definition) is 2. The highest BCUT2D eigenvalue weighted by atomic mass is 16.5. The summed E-state index contributed by atoms with van der Waals surface area (Å²) >= 11 is 0. The molecule has 0 saturated heterocycles. The Hall–Kier alpha value is -2.74. The van der Waals surface area contributed by atoms with E-state index in [-0.39, 0.29) is 0 Å². The Kier molecular flexibility index (Phi) is 7.90. The minimum Gasteiger partial charge on any atom is -0.465 e. The summed E-state index contributed by atoms with van der Waals surface area (Å²) in [5, 5.41) is 0. The fourth-order valence-electron chi connectivity index (χ4n) is 3.90. The third-order valence-electron chi connectivity index (χ3n) is 5.22. The standard InChI is InChI=1S/C27H35NO/c1-9-12-20(5)21(6)17-24-13-14-25(18-26(24)29-11-3)28(10-2)27-22(7)15-19(4)16-23(27)8/h11,13-18H,3,5,9-10,12H2,1-2,4,6-8H3/b21-17+. The molecule has 29 heavy (non-hydrogen) atoms. The smallest absolute Gasteiger partial charge is 0.135 e. The molecule has 0 aliphatic carbocycles. The molecule has 0 bridgehead atoms. The average molecular weight is 390 g/mol. The van der Waals surface area contributed by atoms with Crippen molar-refractivity contribution in [1.29, 1.82) is 0 Å². The molecule has 0 fully saturated rings. The van der Waals surface area contributed by atoms with Gasteiger partial charge in [-0.05, 0) is 75.9 Å². The van der Waals surface area contributed by atoms with Crippen LogP contribution in [0.4, 0.5) is 11.4 Å². The van der Waals surface area contributed by atoms with Gasteiger partial charge < -0.3 is 9.64 Å². The number of benzene rings is 2. The topological polar surface area (TPSA) is 12.5 Å². The number of rotatable bonds is 9. The zero-order valence-corrected chi connectivity index (χ0v) is 18.9. The van der Waals surface area contributed by atoms with Crippen molar-refractivity contribution < 1.29 is 4.74 Å². The molecule has 0 saturated carbocycles. The van der Waals surface area contributed by atoms with Crippen molar-refractivity contribution in [2.75, 3.05) is 11.4 Å². The van der Waals surface area contributed by atoms with Crippen LogP contribution in [0, 0.1) is 20.8 Å². The van der Waals surface area contributed by atoms with Gasteiger partial charge in [0.2, 0.25) is 0 Å². The number of aryl methyl sites for hydroxylation is 3. The minimum absolute atomic E-state index is 0.807. The fraction of sp³-hybridized carbons (Fsp3) is 0.333. The molecule has 0 aliphatic rings. The molecular formula is C27H35NO. The zero-order chi connectivity index (χ0) is 21.6. The molecule has 2 nitrogen and oxygen atoms in total.